The Hall–Kier alpha value is -3.03. The van der Waals surface area contributed by atoms with E-state index in [9.17, 15) is 13.2 Å². The third-order valence-electron chi connectivity index (χ3n) is 4.93. The molecular formula is C25H27ClN2O4S. The van der Waals surface area contributed by atoms with Gasteiger partial charge in [-0.2, -0.15) is 0 Å². The first kappa shape index (κ1) is 24.6. The predicted molar refractivity (Wildman–Crippen MR) is 133 cm³/mol. The zero-order chi connectivity index (χ0) is 23.7. The average molecular weight is 487 g/mol. The van der Waals surface area contributed by atoms with Gasteiger partial charge < -0.3 is 10.1 Å². The number of para-hydroxylation sites is 1. The van der Waals surface area contributed by atoms with Gasteiger partial charge in [0, 0.05) is 23.6 Å². The summed E-state index contributed by atoms with van der Waals surface area (Å²) in [6, 6.07) is 24.0. The number of hydrogen-bond donors (Lipinski definition) is 1. The van der Waals surface area contributed by atoms with Crippen LogP contribution in [-0.2, 0) is 14.8 Å². The Kier molecular flexibility index (Phi) is 8.74. The summed E-state index contributed by atoms with van der Waals surface area (Å²) in [6.07, 6.45) is 1.78. The molecule has 3 aromatic rings. The normalized spacial score (nSPS) is 11.1. The van der Waals surface area contributed by atoms with Gasteiger partial charge in [0.1, 0.15) is 12.4 Å². The Morgan fingerprint density at radius 1 is 0.970 bits per heavy atom. The molecule has 8 heteroatoms. The van der Waals surface area contributed by atoms with E-state index in [1.165, 1.54) is 10.6 Å². The van der Waals surface area contributed by atoms with Crippen molar-refractivity contribution in [3.8, 4) is 16.9 Å². The first-order valence-electron chi connectivity index (χ1n) is 10.6. The van der Waals surface area contributed by atoms with Gasteiger partial charge in [-0.3, -0.25) is 9.10 Å². The highest BCUT2D eigenvalue weighted by Gasteiger charge is 2.20. The second-order valence-electron chi connectivity index (χ2n) is 7.47. The highest BCUT2D eigenvalue weighted by Crippen LogP contribution is 2.32. The van der Waals surface area contributed by atoms with Gasteiger partial charge in [-0.05, 0) is 42.3 Å². The van der Waals surface area contributed by atoms with Crippen molar-refractivity contribution in [1.82, 2.24) is 5.32 Å². The first-order chi connectivity index (χ1) is 15.8. The molecule has 0 atom stereocenters. The summed E-state index contributed by atoms with van der Waals surface area (Å²) in [6.45, 7) is 0.888. The van der Waals surface area contributed by atoms with Crippen molar-refractivity contribution in [3.05, 3.63) is 83.9 Å². The SMILES string of the molecule is CS(=O)(=O)N(CCCC(=O)NCCOc1ccc(Cl)cc1)c1ccccc1-c1ccccc1. The summed E-state index contributed by atoms with van der Waals surface area (Å²) in [5.74, 6) is 0.522. The summed E-state index contributed by atoms with van der Waals surface area (Å²) >= 11 is 5.84. The summed E-state index contributed by atoms with van der Waals surface area (Å²) < 4.78 is 32.0. The molecule has 174 valence electrons. The van der Waals surface area contributed by atoms with Crippen molar-refractivity contribution in [2.45, 2.75) is 12.8 Å². The standard InChI is InChI=1S/C25H27ClN2O4S/c1-33(30,31)28(24-11-6-5-10-23(24)20-8-3-2-4-9-20)18-7-12-25(29)27-17-19-32-22-15-13-21(26)14-16-22/h2-6,8-11,13-16H,7,12,17-19H2,1H3,(H,27,29). The van der Waals surface area contributed by atoms with Crippen LogP contribution in [0.3, 0.4) is 0 Å². The number of anilines is 1. The number of nitrogens with zero attached hydrogens (tertiary/aromatic N) is 1. The van der Waals surface area contributed by atoms with E-state index in [1.54, 1.807) is 30.3 Å². The quantitative estimate of drug-likeness (QED) is 0.397. The van der Waals surface area contributed by atoms with Gasteiger partial charge in [0.2, 0.25) is 15.9 Å². The lowest BCUT2D eigenvalue weighted by molar-refractivity contribution is -0.121. The van der Waals surface area contributed by atoms with E-state index in [1.807, 2.05) is 48.5 Å². The molecule has 0 aliphatic carbocycles. The predicted octanol–water partition coefficient (Wildman–Crippen LogP) is 4.75. The Labute approximate surface area is 200 Å². The zero-order valence-electron chi connectivity index (χ0n) is 18.4. The monoisotopic (exact) mass is 486 g/mol. The first-order valence-corrected chi connectivity index (χ1v) is 12.8. The topological polar surface area (TPSA) is 75.7 Å². The van der Waals surface area contributed by atoms with Crippen LogP contribution in [0.4, 0.5) is 5.69 Å². The van der Waals surface area contributed by atoms with E-state index >= 15 is 0 Å². The molecule has 1 amide bonds. The minimum absolute atomic E-state index is 0.153. The average Bonchev–Trinajstić information content (AvgIpc) is 2.80. The van der Waals surface area contributed by atoms with Crippen LogP contribution in [0.1, 0.15) is 12.8 Å². The lowest BCUT2D eigenvalue weighted by Crippen LogP contribution is -2.33. The Bertz CT molecular complexity index is 1150. The molecular weight excluding hydrogens is 460 g/mol. The number of nitrogens with one attached hydrogen (secondary N) is 1. The maximum atomic E-state index is 12.6. The summed E-state index contributed by atoms with van der Waals surface area (Å²) in [7, 11) is -3.53. The van der Waals surface area contributed by atoms with Gasteiger partial charge >= 0.3 is 0 Å². The van der Waals surface area contributed by atoms with Crippen molar-refractivity contribution < 1.29 is 17.9 Å². The molecule has 0 heterocycles. The van der Waals surface area contributed by atoms with Gasteiger partial charge in [-0.25, -0.2) is 8.42 Å². The van der Waals surface area contributed by atoms with Gasteiger partial charge in [0.15, 0.2) is 0 Å². The molecule has 33 heavy (non-hydrogen) atoms. The fourth-order valence-electron chi connectivity index (χ4n) is 3.38. The van der Waals surface area contributed by atoms with Gasteiger partial charge in [-0.15, -0.1) is 0 Å². The lowest BCUT2D eigenvalue weighted by Gasteiger charge is -2.25. The van der Waals surface area contributed by atoms with Crippen molar-refractivity contribution in [1.29, 1.82) is 0 Å². The number of ether oxygens (including phenoxy) is 1. The van der Waals surface area contributed by atoms with E-state index in [0.717, 1.165) is 11.1 Å². The van der Waals surface area contributed by atoms with Crippen LogP contribution < -0.4 is 14.4 Å². The van der Waals surface area contributed by atoms with E-state index in [0.29, 0.717) is 36.0 Å². The van der Waals surface area contributed by atoms with Crippen LogP contribution in [0.25, 0.3) is 11.1 Å². The molecule has 3 rings (SSSR count). The number of benzene rings is 3. The number of amides is 1. The molecule has 0 saturated carbocycles. The maximum Gasteiger partial charge on any atom is 0.232 e. The number of rotatable bonds is 11. The number of hydrogen-bond acceptors (Lipinski definition) is 4. The number of carbonyl (C=O) groups is 1. The van der Waals surface area contributed by atoms with Crippen LogP contribution in [0, 0.1) is 0 Å². The molecule has 0 fully saturated rings. The molecule has 6 nitrogen and oxygen atoms in total. The van der Waals surface area contributed by atoms with Crippen LogP contribution in [0.15, 0.2) is 78.9 Å². The van der Waals surface area contributed by atoms with Crippen molar-refractivity contribution >= 4 is 33.2 Å². The van der Waals surface area contributed by atoms with Crippen LogP contribution >= 0.6 is 11.6 Å². The maximum absolute atomic E-state index is 12.6. The highest BCUT2D eigenvalue weighted by molar-refractivity contribution is 7.92. The summed E-state index contributed by atoms with van der Waals surface area (Å²) in [5.41, 5.74) is 2.36. The molecule has 1 N–H and O–H groups in total. The smallest absolute Gasteiger partial charge is 0.232 e. The number of sulfonamides is 1. The minimum Gasteiger partial charge on any atom is -0.492 e. The Morgan fingerprint density at radius 3 is 2.33 bits per heavy atom. The van der Waals surface area contributed by atoms with E-state index < -0.39 is 10.0 Å². The summed E-state index contributed by atoms with van der Waals surface area (Å²) in [5, 5.41) is 3.43. The molecule has 0 radical (unpaired) electrons. The highest BCUT2D eigenvalue weighted by atomic mass is 35.5. The molecule has 0 spiro atoms. The zero-order valence-corrected chi connectivity index (χ0v) is 20.0. The molecule has 0 aliphatic heterocycles. The largest absolute Gasteiger partial charge is 0.492 e. The van der Waals surface area contributed by atoms with Gasteiger partial charge in [0.05, 0.1) is 18.5 Å². The molecule has 0 aromatic heterocycles. The van der Waals surface area contributed by atoms with Gasteiger partial charge in [-0.1, -0.05) is 60.1 Å². The lowest BCUT2D eigenvalue weighted by atomic mass is 10.0. The molecule has 3 aromatic carbocycles. The molecule has 0 aliphatic rings. The number of halogens is 1. The third-order valence-corrected chi connectivity index (χ3v) is 6.36. The summed E-state index contributed by atoms with van der Waals surface area (Å²) in [4.78, 5) is 12.2. The van der Waals surface area contributed by atoms with Crippen molar-refractivity contribution in [2.75, 3.05) is 30.3 Å². The van der Waals surface area contributed by atoms with Gasteiger partial charge in [0.25, 0.3) is 0 Å². The third kappa shape index (κ3) is 7.51. The second-order valence-corrected chi connectivity index (χ2v) is 9.82. The van der Waals surface area contributed by atoms with E-state index in [2.05, 4.69) is 5.32 Å². The molecule has 0 bridgehead atoms. The van der Waals surface area contributed by atoms with Crippen LogP contribution in [0.5, 0.6) is 5.75 Å². The fraction of sp³-hybridized carbons (Fsp3) is 0.240. The number of carbonyl (C=O) groups excluding carboxylic acids is 1. The van der Waals surface area contributed by atoms with Crippen LogP contribution in [0.2, 0.25) is 5.02 Å². The minimum atomic E-state index is -3.53. The second kappa shape index (κ2) is 11.7. The molecule has 0 saturated heterocycles. The van der Waals surface area contributed by atoms with E-state index in [4.69, 9.17) is 16.3 Å². The Morgan fingerprint density at radius 2 is 1.64 bits per heavy atom. The van der Waals surface area contributed by atoms with Crippen molar-refractivity contribution in [2.24, 2.45) is 0 Å². The fourth-order valence-corrected chi connectivity index (χ4v) is 4.48. The van der Waals surface area contributed by atoms with Crippen molar-refractivity contribution in [3.63, 3.8) is 0 Å². The molecule has 0 unspecified atom stereocenters. The Balaban J connectivity index is 1.54. The van der Waals surface area contributed by atoms with E-state index in [-0.39, 0.29) is 18.9 Å². The van der Waals surface area contributed by atoms with Crippen LogP contribution in [-0.4, -0.2) is 40.3 Å².